The Balaban J connectivity index is 1.55. The smallest absolute Gasteiger partial charge is 0.191 e. The van der Waals surface area contributed by atoms with Crippen molar-refractivity contribution in [1.82, 2.24) is 30.3 Å². The van der Waals surface area contributed by atoms with Gasteiger partial charge in [-0.2, -0.15) is 0 Å². The van der Waals surface area contributed by atoms with E-state index < -0.39 is 0 Å². The molecule has 0 bridgehead atoms. The third kappa shape index (κ3) is 7.73. The van der Waals surface area contributed by atoms with Gasteiger partial charge in [-0.3, -0.25) is 9.89 Å². The van der Waals surface area contributed by atoms with Crippen molar-refractivity contribution in [3.05, 3.63) is 12.2 Å². The highest BCUT2D eigenvalue weighted by Gasteiger charge is 2.24. The maximum atomic E-state index is 5.99. The van der Waals surface area contributed by atoms with Crippen LogP contribution < -0.4 is 10.6 Å². The van der Waals surface area contributed by atoms with Gasteiger partial charge in [0, 0.05) is 45.8 Å². The van der Waals surface area contributed by atoms with Crippen molar-refractivity contribution >= 4 is 5.96 Å². The van der Waals surface area contributed by atoms with Crippen molar-refractivity contribution in [3.8, 4) is 0 Å². The molecule has 31 heavy (non-hydrogen) atoms. The fourth-order valence-corrected chi connectivity index (χ4v) is 4.26. The fraction of sp³-hybridized carbons (Fsp3) is 0.864. The van der Waals surface area contributed by atoms with Crippen molar-refractivity contribution in [1.29, 1.82) is 0 Å². The first-order valence-electron chi connectivity index (χ1n) is 11.9. The lowest BCUT2D eigenvalue weighted by molar-refractivity contribution is -0.0262. The third-order valence-corrected chi connectivity index (χ3v) is 5.84. The molecule has 0 saturated carbocycles. The van der Waals surface area contributed by atoms with Gasteiger partial charge in [0.05, 0.1) is 31.4 Å². The zero-order valence-electron chi connectivity index (χ0n) is 19.7. The van der Waals surface area contributed by atoms with Crippen LogP contribution in [0.4, 0.5) is 0 Å². The summed E-state index contributed by atoms with van der Waals surface area (Å²) in [5.41, 5.74) is 0. The number of morpholine rings is 1. The zero-order chi connectivity index (χ0) is 22.1. The molecule has 3 unspecified atom stereocenters. The lowest BCUT2D eigenvalue weighted by atomic mass is 10.1. The van der Waals surface area contributed by atoms with Gasteiger partial charge in [0.25, 0.3) is 0 Å². The van der Waals surface area contributed by atoms with E-state index in [1.807, 2.05) is 0 Å². The van der Waals surface area contributed by atoms with Crippen LogP contribution in [0.3, 0.4) is 0 Å². The van der Waals surface area contributed by atoms with Crippen LogP contribution in [-0.4, -0.2) is 89.8 Å². The monoisotopic (exact) mass is 435 g/mol. The minimum Gasteiger partial charge on any atom is -0.376 e. The van der Waals surface area contributed by atoms with Crippen LogP contribution in [0.25, 0.3) is 0 Å². The molecule has 9 nitrogen and oxygen atoms in total. The highest BCUT2D eigenvalue weighted by Crippen LogP contribution is 2.15. The van der Waals surface area contributed by atoms with Gasteiger partial charge in [0.2, 0.25) is 0 Å². The summed E-state index contributed by atoms with van der Waals surface area (Å²) in [7, 11) is 0. The Labute approximate surface area is 187 Å². The van der Waals surface area contributed by atoms with Crippen LogP contribution in [0.2, 0.25) is 0 Å². The van der Waals surface area contributed by atoms with Gasteiger partial charge in [-0.15, -0.1) is 10.2 Å². The normalized spacial score (nSPS) is 24.0. The molecule has 9 heteroatoms. The first-order chi connectivity index (χ1) is 15.0. The second-order valence-corrected chi connectivity index (χ2v) is 9.04. The van der Waals surface area contributed by atoms with E-state index in [9.17, 15) is 0 Å². The highest BCUT2D eigenvalue weighted by molar-refractivity contribution is 5.80. The molecule has 0 spiro atoms. The van der Waals surface area contributed by atoms with Crippen molar-refractivity contribution in [3.63, 3.8) is 0 Å². The van der Waals surface area contributed by atoms with Gasteiger partial charge >= 0.3 is 0 Å². The minimum atomic E-state index is 0.133. The van der Waals surface area contributed by atoms with E-state index in [0.717, 1.165) is 77.0 Å². The van der Waals surface area contributed by atoms with Crippen LogP contribution in [0, 0.1) is 5.92 Å². The van der Waals surface area contributed by atoms with E-state index in [2.05, 4.69) is 58.0 Å². The first-order valence-corrected chi connectivity index (χ1v) is 11.9. The molecule has 3 heterocycles. The zero-order valence-corrected chi connectivity index (χ0v) is 19.7. The Bertz CT molecular complexity index is 673. The van der Waals surface area contributed by atoms with Gasteiger partial charge < -0.3 is 24.7 Å². The van der Waals surface area contributed by atoms with Gasteiger partial charge in [0.1, 0.15) is 12.2 Å². The van der Waals surface area contributed by atoms with Crippen molar-refractivity contribution in [2.24, 2.45) is 10.9 Å². The number of hydrogen-bond acceptors (Lipinski definition) is 6. The molecule has 0 aliphatic carbocycles. The fourth-order valence-electron chi connectivity index (χ4n) is 4.26. The molecule has 1 aromatic heterocycles. The standard InChI is InChI=1S/C22H41N7O2/c1-5-21-27-25-16-29(21)9-8-23-22(26-18(4)20-7-6-11-31-20)24-13-19-15-28(10-12-30-19)14-17(2)3/h16-20H,5-15H2,1-4H3,(H2,23,24,26). The summed E-state index contributed by atoms with van der Waals surface area (Å²) >= 11 is 0. The predicted octanol–water partition coefficient (Wildman–Crippen LogP) is 1.30. The lowest BCUT2D eigenvalue weighted by Gasteiger charge is -2.33. The molecule has 2 saturated heterocycles. The second-order valence-electron chi connectivity index (χ2n) is 9.04. The quantitative estimate of drug-likeness (QED) is 0.423. The predicted molar refractivity (Wildman–Crippen MR) is 122 cm³/mol. The van der Waals surface area contributed by atoms with Crippen LogP contribution in [0.15, 0.2) is 11.3 Å². The summed E-state index contributed by atoms with van der Waals surface area (Å²) in [5.74, 6) is 2.49. The molecule has 176 valence electrons. The minimum absolute atomic E-state index is 0.133. The van der Waals surface area contributed by atoms with Crippen LogP contribution >= 0.6 is 0 Å². The topological polar surface area (TPSA) is 88.8 Å². The summed E-state index contributed by atoms with van der Waals surface area (Å²) in [6, 6.07) is 0.208. The summed E-state index contributed by atoms with van der Waals surface area (Å²) in [6.07, 6.45) is 5.27. The Morgan fingerprint density at radius 1 is 1.29 bits per heavy atom. The van der Waals surface area contributed by atoms with Gasteiger partial charge in [-0.1, -0.05) is 20.8 Å². The maximum absolute atomic E-state index is 5.99. The van der Waals surface area contributed by atoms with E-state index in [-0.39, 0.29) is 18.2 Å². The van der Waals surface area contributed by atoms with Crippen LogP contribution in [0.1, 0.15) is 46.4 Å². The highest BCUT2D eigenvalue weighted by atomic mass is 16.5. The third-order valence-electron chi connectivity index (χ3n) is 5.84. The van der Waals surface area contributed by atoms with E-state index in [1.165, 1.54) is 0 Å². The number of aryl methyl sites for hydroxylation is 1. The number of hydrogen-bond donors (Lipinski definition) is 2. The van der Waals surface area contributed by atoms with E-state index >= 15 is 0 Å². The molecular formula is C22H41N7O2. The van der Waals surface area contributed by atoms with Gasteiger partial charge in [-0.05, 0) is 25.7 Å². The van der Waals surface area contributed by atoms with Crippen LogP contribution in [0.5, 0.6) is 0 Å². The summed E-state index contributed by atoms with van der Waals surface area (Å²) in [5, 5.41) is 15.2. The molecule has 3 atom stereocenters. The second kappa shape index (κ2) is 12.4. The number of guanidine groups is 1. The summed E-state index contributed by atoms with van der Waals surface area (Å²) in [4.78, 5) is 7.37. The molecule has 1 aromatic rings. The summed E-state index contributed by atoms with van der Waals surface area (Å²) < 4.78 is 13.9. The molecule has 3 rings (SSSR count). The van der Waals surface area contributed by atoms with E-state index in [0.29, 0.717) is 12.5 Å². The Morgan fingerprint density at radius 2 is 2.16 bits per heavy atom. The average molecular weight is 436 g/mol. The van der Waals surface area contributed by atoms with Gasteiger partial charge in [0.15, 0.2) is 5.96 Å². The van der Waals surface area contributed by atoms with Crippen molar-refractivity contribution < 1.29 is 9.47 Å². The SMILES string of the molecule is CCc1nncn1CCNC(=NCC1CN(CC(C)C)CCO1)NC(C)C1CCCO1. The van der Waals surface area contributed by atoms with Crippen molar-refractivity contribution in [2.75, 3.05) is 45.9 Å². The largest absolute Gasteiger partial charge is 0.376 e. The Kier molecular flexibility index (Phi) is 9.54. The number of rotatable bonds is 10. The lowest BCUT2D eigenvalue weighted by Crippen LogP contribution is -2.49. The number of nitrogens with zero attached hydrogens (tertiary/aromatic N) is 5. The van der Waals surface area contributed by atoms with Gasteiger partial charge in [-0.25, -0.2) is 0 Å². The maximum Gasteiger partial charge on any atom is 0.191 e. The molecule has 2 aliphatic rings. The number of aliphatic imine (C=N–C) groups is 1. The molecule has 2 N–H and O–H groups in total. The van der Waals surface area contributed by atoms with E-state index in [4.69, 9.17) is 14.5 Å². The molecule has 2 aliphatic heterocycles. The number of nitrogens with one attached hydrogen (secondary N) is 2. The molecule has 0 radical (unpaired) electrons. The molecule has 0 amide bonds. The molecule has 0 aromatic carbocycles. The number of aromatic nitrogens is 3. The van der Waals surface area contributed by atoms with Crippen LogP contribution in [-0.2, 0) is 22.4 Å². The Hall–Kier alpha value is -1.71. The average Bonchev–Trinajstić information content (AvgIpc) is 3.43. The summed E-state index contributed by atoms with van der Waals surface area (Å²) in [6.45, 7) is 15.7. The van der Waals surface area contributed by atoms with E-state index in [1.54, 1.807) is 6.33 Å². The molecule has 2 fully saturated rings. The number of ether oxygens (including phenoxy) is 2. The Morgan fingerprint density at radius 3 is 2.90 bits per heavy atom. The molecular weight excluding hydrogens is 394 g/mol. The van der Waals surface area contributed by atoms with Crippen molar-refractivity contribution in [2.45, 2.75) is 71.8 Å². The first kappa shape index (κ1) is 23.9.